The van der Waals surface area contributed by atoms with E-state index >= 15 is 0 Å². The molecule has 0 radical (unpaired) electrons. The highest BCUT2D eigenvalue weighted by molar-refractivity contribution is 9.10. The number of aliphatic hydroxyl groups is 1. The van der Waals surface area contributed by atoms with E-state index in [9.17, 15) is 5.11 Å². The van der Waals surface area contributed by atoms with Crippen LogP contribution in [-0.2, 0) is 0 Å². The van der Waals surface area contributed by atoms with Crippen molar-refractivity contribution in [3.8, 4) is 0 Å². The van der Waals surface area contributed by atoms with Crippen molar-refractivity contribution in [2.45, 2.75) is 13.0 Å². The highest BCUT2D eigenvalue weighted by Crippen LogP contribution is 2.22. The molecule has 2 aromatic rings. The molecule has 0 saturated carbocycles. The van der Waals surface area contributed by atoms with Gasteiger partial charge in [0.15, 0.2) is 0 Å². The van der Waals surface area contributed by atoms with Crippen LogP contribution < -0.4 is 5.32 Å². The minimum Gasteiger partial charge on any atom is -0.394 e. The summed E-state index contributed by atoms with van der Waals surface area (Å²) in [6, 6.07) is 16.0. The Kier molecular flexibility index (Phi) is 4.39. The maximum Gasteiger partial charge on any atom is 0.0745 e. The monoisotopic (exact) mass is 305 g/mol. The van der Waals surface area contributed by atoms with Crippen molar-refractivity contribution >= 4 is 21.6 Å². The van der Waals surface area contributed by atoms with Crippen LogP contribution >= 0.6 is 15.9 Å². The van der Waals surface area contributed by atoms with Crippen LogP contribution in [0.3, 0.4) is 0 Å². The molecule has 1 atom stereocenters. The van der Waals surface area contributed by atoms with Gasteiger partial charge in [-0.25, -0.2) is 0 Å². The standard InChI is InChI=1S/C15H16BrNO/c1-11-5-7-12(8-6-11)15(10-18)17-14-4-2-3-13(16)9-14/h2-9,15,17-18H,10H2,1H3. The molecule has 0 aliphatic rings. The van der Waals surface area contributed by atoms with Crippen molar-refractivity contribution in [3.63, 3.8) is 0 Å². The number of aliphatic hydroxyl groups excluding tert-OH is 1. The lowest BCUT2D eigenvalue weighted by Gasteiger charge is -2.18. The minimum absolute atomic E-state index is 0.0651. The number of hydrogen-bond donors (Lipinski definition) is 2. The third-order valence-corrected chi connectivity index (χ3v) is 3.32. The Morgan fingerprint density at radius 3 is 2.50 bits per heavy atom. The highest BCUT2D eigenvalue weighted by Gasteiger charge is 2.09. The number of halogens is 1. The summed E-state index contributed by atoms with van der Waals surface area (Å²) in [4.78, 5) is 0. The first-order valence-corrected chi connectivity index (χ1v) is 6.68. The fraction of sp³-hybridized carbons (Fsp3) is 0.200. The molecular formula is C15H16BrNO. The Morgan fingerprint density at radius 1 is 1.17 bits per heavy atom. The van der Waals surface area contributed by atoms with E-state index in [0.717, 1.165) is 15.7 Å². The van der Waals surface area contributed by atoms with Gasteiger partial charge in [-0.3, -0.25) is 0 Å². The van der Waals surface area contributed by atoms with E-state index in [1.165, 1.54) is 5.56 Å². The van der Waals surface area contributed by atoms with Crippen molar-refractivity contribution in [2.75, 3.05) is 11.9 Å². The first-order chi connectivity index (χ1) is 8.69. The normalized spacial score (nSPS) is 12.2. The Balaban J connectivity index is 2.17. The fourth-order valence-electron chi connectivity index (χ4n) is 1.81. The van der Waals surface area contributed by atoms with Crippen LogP contribution in [0.25, 0.3) is 0 Å². The molecule has 1 unspecified atom stereocenters. The zero-order chi connectivity index (χ0) is 13.0. The van der Waals surface area contributed by atoms with Crippen LogP contribution in [0.4, 0.5) is 5.69 Å². The van der Waals surface area contributed by atoms with Crippen LogP contribution in [0.5, 0.6) is 0 Å². The number of aryl methyl sites for hydroxylation is 1. The molecule has 0 bridgehead atoms. The molecule has 2 nitrogen and oxygen atoms in total. The van der Waals surface area contributed by atoms with E-state index in [4.69, 9.17) is 0 Å². The molecular weight excluding hydrogens is 290 g/mol. The largest absolute Gasteiger partial charge is 0.394 e. The van der Waals surface area contributed by atoms with Gasteiger partial charge < -0.3 is 10.4 Å². The van der Waals surface area contributed by atoms with E-state index in [2.05, 4.69) is 40.3 Å². The Labute approximate surface area is 116 Å². The summed E-state index contributed by atoms with van der Waals surface area (Å²) < 4.78 is 1.02. The van der Waals surface area contributed by atoms with Crippen molar-refractivity contribution < 1.29 is 5.11 Å². The summed E-state index contributed by atoms with van der Waals surface area (Å²) in [6.07, 6.45) is 0. The molecule has 0 aliphatic heterocycles. The summed E-state index contributed by atoms with van der Waals surface area (Å²) >= 11 is 3.44. The van der Waals surface area contributed by atoms with E-state index in [-0.39, 0.29) is 12.6 Å². The molecule has 0 fully saturated rings. The SMILES string of the molecule is Cc1ccc(C(CO)Nc2cccc(Br)c2)cc1. The van der Waals surface area contributed by atoms with Crippen molar-refractivity contribution in [2.24, 2.45) is 0 Å². The second kappa shape index (κ2) is 6.03. The van der Waals surface area contributed by atoms with E-state index < -0.39 is 0 Å². The zero-order valence-corrected chi connectivity index (χ0v) is 11.8. The third-order valence-electron chi connectivity index (χ3n) is 2.83. The molecule has 94 valence electrons. The topological polar surface area (TPSA) is 32.3 Å². The summed E-state index contributed by atoms with van der Waals surface area (Å²) in [5.41, 5.74) is 3.30. The van der Waals surface area contributed by atoms with E-state index in [0.29, 0.717) is 0 Å². The maximum absolute atomic E-state index is 9.51. The molecule has 0 aromatic heterocycles. The van der Waals surface area contributed by atoms with Gasteiger partial charge in [-0.1, -0.05) is 51.8 Å². The first-order valence-electron chi connectivity index (χ1n) is 5.88. The first kappa shape index (κ1) is 13.1. The Bertz CT molecular complexity index is 510. The summed E-state index contributed by atoms with van der Waals surface area (Å²) in [5.74, 6) is 0. The van der Waals surface area contributed by atoms with Gasteiger partial charge in [-0.15, -0.1) is 0 Å². The molecule has 0 amide bonds. The van der Waals surface area contributed by atoms with E-state index in [1.807, 2.05) is 36.4 Å². The molecule has 0 saturated heterocycles. The molecule has 2 N–H and O–H groups in total. The van der Waals surface area contributed by atoms with Crippen LogP contribution in [0.2, 0.25) is 0 Å². The molecule has 2 aromatic carbocycles. The quantitative estimate of drug-likeness (QED) is 0.898. The minimum atomic E-state index is -0.0834. The van der Waals surface area contributed by atoms with Gasteiger partial charge in [-0.05, 0) is 30.7 Å². The second-order valence-electron chi connectivity index (χ2n) is 4.30. The maximum atomic E-state index is 9.51. The molecule has 0 heterocycles. The van der Waals surface area contributed by atoms with Crippen LogP contribution in [0, 0.1) is 6.92 Å². The van der Waals surface area contributed by atoms with E-state index in [1.54, 1.807) is 0 Å². The number of anilines is 1. The summed E-state index contributed by atoms with van der Waals surface area (Å²) in [5, 5.41) is 12.8. The van der Waals surface area contributed by atoms with Crippen LogP contribution in [-0.4, -0.2) is 11.7 Å². The number of hydrogen-bond acceptors (Lipinski definition) is 2. The van der Waals surface area contributed by atoms with Crippen LogP contribution in [0.1, 0.15) is 17.2 Å². The van der Waals surface area contributed by atoms with Crippen molar-refractivity contribution in [1.29, 1.82) is 0 Å². The predicted molar refractivity (Wildman–Crippen MR) is 78.8 cm³/mol. The number of nitrogens with one attached hydrogen (secondary N) is 1. The molecule has 3 heteroatoms. The van der Waals surface area contributed by atoms with Gasteiger partial charge in [0.1, 0.15) is 0 Å². The van der Waals surface area contributed by atoms with Gasteiger partial charge in [-0.2, -0.15) is 0 Å². The fourth-order valence-corrected chi connectivity index (χ4v) is 2.21. The Hall–Kier alpha value is -1.32. The number of rotatable bonds is 4. The molecule has 0 spiro atoms. The van der Waals surface area contributed by atoms with Crippen molar-refractivity contribution in [1.82, 2.24) is 0 Å². The van der Waals surface area contributed by atoms with Gasteiger partial charge in [0.05, 0.1) is 12.6 Å². The van der Waals surface area contributed by atoms with Gasteiger partial charge in [0, 0.05) is 10.2 Å². The van der Waals surface area contributed by atoms with Gasteiger partial charge in [0.25, 0.3) is 0 Å². The molecule has 0 aliphatic carbocycles. The lowest BCUT2D eigenvalue weighted by molar-refractivity contribution is 0.276. The van der Waals surface area contributed by atoms with Gasteiger partial charge >= 0.3 is 0 Å². The number of benzene rings is 2. The Morgan fingerprint density at radius 2 is 1.89 bits per heavy atom. The smallest absolute Gasteiger partial charge is 0.0745 e. The molecule has 18 heavy (non-hydrogen) atoms. The average molecular weight is 306 g/mol. The van der Waals surface area contributed by atoms with Crippen molar-refractivity contribution in [3.05, 3.63) is 64.1 Å². The lowest BCUT2D eigenvalue weighted by atomic mass is 10.1. The van der Waals surface area contributed by atoms with Crippen LogP contribution in [0.15, 0.2) is 53.0 Å². The molecule has 2 rings (SSSR count). The lowest BCUT2D eigenvalue weighted by Crippen LogP contribution is -2.14. The summed E-state index contributed by atoms with van der Waals surface area (Å²) in [6.45, 7) is 2.12. The second-order valence-corrected chi connectivity index (χ2v) is 5.22. The predicted octanol–water partition coefficient (Wildman–Crippen LogP) is 3.90. The zero-order valence-electron chi connectivity index (χ0n) is 10.2. The average Bonchev–Trinajstić information content (AvgIpc) is 2.37. The third kappa shape index (κ3) is 3.34. The van der Waals surface area contributed by atoms with Gasteiger partial charge in [0.2, 0.25) is 0 Å². The summed E-state index contributed by atoms with van der Waals surface area (Å²) in [7, 11) is 0. The highest BCUT2D eigenvalue weighted by atomic mass is 79.9.